The first-order valence-corrected chi connectivity index (χ1v) is 16.8. The number of nitrogens with zero attached hydrogens (tertiary/aromatic N) is 2. The molecule has 1 aliphatic rings. The molecule has 0 saturated carbocycles. The molecule has 0 bridgehead atoms. The van der Waals surface area contributed by atoms with E-state index in [9.17, 15) is 18.0 Å². The number of halogens is 2. The monoisotopic (exact) mass is 661 g/mol. The molecule has 0 fully saturated rings. The van der Waals surface area contributed by atoms with Crippen LogP contribution in [0.4, 0.5) is 5.69 Å². The number of rotatable bonds is 13. The van der Waals surface area contributed by atoms with E-state index in [1.807, 2.05) is 44.2 Å². The van der Waals surface area contributed by atoms with Crippen molar-refractivity contribution in [3.63, 3.8) is 0 Å². The lowest BCUT2D eigenvalue weighted by Crippen LogP contribution is -2.54. The van der Waals surface area contributed by atoms with Crippen LogP contribution < -0.4 is 19.1 Å². The SMILES string of the molecule is CCS(=O)(=O)N(CC(=O)N(Cc1ccc(Cl)c(Cl)c1)[C@@H](Cc1ccccc1)C(=O)NCC(C)C)c1ccc2c(c1)OCCO2. The number of carbonyl (C=O) groups excluding carboxylic acids is 2. The fraction of sp³-hybridized carbons (Fsp3) is 0.375. The Labute approximate surface area is 269 Å². The Balaban J connectivity index is 1.76. The molecule has 0 aromatic heterocycles. The van der Waals surface area contributed by atoms with Crippen molar-refractivity contribution in [2.75, 3.05) is 36.4 Å². The average Bonchev–Trinajstić information content (AvgIpc) is 3.02. The van der Waals surface area contributed by atoms with Crippen LogP contribution in [0.2, 0.25) is 10.0 Å². The molecule has 0 saturated heterocycles. The largest absolute Gasteiger partial charge is 0.486 e. The number of hydrogen-bond donors (Lipinski definition) is 1. The van der Waals surface area contributed by atoms with Gasteiger partial charge in [-0.05, 0) is 48.2 Å². The summed E-state index contributed by atoms with van der Waals surface area (Å²) in [6.07, 6.45) is 0.211. The average molecular weight is 663 g/mol. The van der Waals surface area contributed by atoms with Crippen molar-refractivity contribution >= 4 is 50.7 Å². The minimum Gasteiger partial charge on any atom is -0.486 e. The number of carbonyl (C=O) groups is 2. The Morgan fingerprint density at radius 1 is 0.909 bits per heavy atom. The highest BCUT2D eigenvalue weighted by Gasteiger charge is 2.34. The van der Waals surface area contributed by atoms with Crippen LogP contribution in [0.25, 0.3) is 0 Å². The molecule has 4 rings (SSSR count). The van der Waals surface area contributed by atoms with Crippen LogP contribution in [0.3, 0.4) is 0 Å². The predicted octanol–water partition coefficient (Wildman–Crippen LogP) is 5.33. The molecule has 0 aliphatic carbocycles. The number of hydrogen-bond acceptors (Lipinski definition) is 6. The van der Waals surface area contributed by atoms with Gasteiger partial charge < -0.3 is 19.7 Å². The van der Waals surface area contributed by atoms with Crippen molar-refractivity contribution in [1.82, 2.24) is 10.2 Å². The predicted molar refractivity (Wildman–Crippen MR) is 173 cm³/mol. The van der Waals surface area contributed by atoms with Crippen molar-refractivity contribution in [3.8, 4) is 11.5 Å². The van der Waals surface area contributed by atoms with E-state index >= 15 is 0 Å². The lowest BCUT2D eigenvalue weighted by molar-refractivity contribution is -0.140. The third-order valence-electron chi connectivity index (χ3n) is 7.09. The molecule has 3 aromatic carbocycles. The van der Waals surface area contributed by atoms with Gasteiger partial charge in [-0.15, -0.1) is 0 Å². The molecule has 12 heteroatoms. The van der Waals surface area contributed by atoms with Gasteiger partial charge in [-0.2, -0.15) is 0 Å². The number of sulfonamides is 1. The molecule has 236 valence electrons. The maximum absolute atomic E-state index is 14.3. The van der Waals surface area contributed by atoms with Crippen molar-refractivity contribution in [3.05, 3.63) is 87.9 Å². The van der Waals surface area contributed by atoms with E-state index in [0.717, 1.165) is 9.87 Å². The summed E-state index contributed by atoms with van der Waals surface area (Å²) in [7, 11) is -3.93. The number of nitrogens with one attached hydrogen (secondary N) is 1. The maximum Gasteiger partial charge on any atom is 0.244 e. The molecule has 0 spiro atoms. The van der Waals surface area contributed by atoms with E-state index in [1.54, 1.807) is 36.4 Å². The third-order valence-corrected chi connectivity index (χ3v) is 9.57. The minimum atomic E-state index is -3.93. The number of ether oxygens (including phenoxy) is 2. The van der Waals surface area contributed by atoms with Crippen LogP contribution in [0.1, 0.15) is 31.9 Å². The highest BCUT2D eigenvalue weighted by atomic mass is 35.5. The number of fused-ring (bicyclic) bond motifs is 1. The fourth-order valence-corrected chi connectivity index (χ4v) is 6.09. The molecule has 1 N–H and O–H groups in total. The highest BCUT2D eigenvalue weighted by Crippen LogP contribution is 2.35. The van der Waals surface area contributed by atoms with E-state index in [4.69, 9.17) is 32.7 Å². The van der Waals surface area contributed by atoms with Gasteiger partial charge in [0.2, 0.25) is 21.8 Å². The van der Waals surface area contributed by atoms with Crippen molar-refractivity contribution in [1.29, 1.82) is 0 Å². The van der Waals surface area contributed by atoms with Crippen molar-refractivity contribution in [2.24, 2.45) is 5.92 Å². The Hall–Kier alpha value is -3.47. The lowest BCUT2D eigenvalue weighted by atomic mass is 10.0. The molecule has 1 heterocycles. The van der Waals surface area contributed by atoms with Gasteiger partial charge in [-0.1, -0.05) is 73.4 Å². The van der Waals surface area contributed by atoms with Gasteiger partial charge in [0.25, 0.3) is 0 Å². The zero-order valence-corrected chi connectivity index (χ0v) is 27.3. The van der Waals surface area contributed by atoms with Gasteiger partial charge >= 0.3 is 0 Å². The number of amides is 2. The topological polar surface area (TPSA) is 105 Å². The minimum absolute atomic E-state index is 0.0104. The van der Waals surface area contributed by atoms with Crippen molar-refractivity contribution < 1.29 is 27.5 Å². The lowest BCUT2D eigenvalue weighted by Gasteiger charge is -2.34. The molecular weight excluding hydrogens is 625 g/mol. The zero-order chi connectivity index (χ0) is 31.9. The van der Waals surface area contributed by atoms with Gasteiger partial charge in [-0.25, -0.2) is 8.42 Å². The van der Waals surface area contributed by atoms with Gasteiger partial charge in [-0.3, -0.25) is 13.9 Å². The summed E-state index contributed by atoms with van der Waals surface area (Å²) in [5.41, 5.74) is 1.73. The van der Waals surface area contributed by atoms with Gasteiger partial charge in [0, 0.05) is 25.6 Å². The summed E-state index contributed by atoms with van der Waals surface area (Å²) < 4.78 is 39.1. The second kappa shape index (κ2) is 15.0. The molecule has 44 heavy (non-hydrogen) atoms. The molecule has 2 amide bonds. The molecule has 3 aromatic rings. The summed E-state index contributed by atoms with van der Waals surface area (Å²) >= 11 is 12.5. The van der Waals surface area contributed by atoms with Crippen LogP contribution >= 0.6 is 23.2 Å². The normalized spacial score (nSPS) is 13.3. The summed E-state index contributed by atoms with van der Waals surface area (Å²) in [5, 5.41) is 3.61. The van der Waals surface area contributed by atoms with E-state index < -0.39 is 28.5 Å². The van der Waals surface area contributed by atoms with Crippen LogP contribution in [-0.4, -0.2) is 63.2 Å². The second-order valence-corrected chi connectivity index (χ2v) is 13.8. The van der Waals surface area contributed by atoms with Crippen LogP contribution in [0.5, 0.6) is 11.5 Å². The standard InChI is InChI=1S/C32H37Cl2N3O6S/c1-4-44(40,41)37(25-11-13-29-30(18-25)43-15-14-42-29)21-31(38)36(20-24-10-12-26(33)27(34)16-24)28(32(39)35-19-22(2)3)17-23-8-6-5-7-9-23/h5-13,16,18,22,28H,4,14-15,17,19-21H2,1-3H3,(H,35,39)/t28-/m0/s1. The van der Waals surface area contributed by atoms with Crippen molar-refractivity contribution in [2.45, 2.75) is 39.8 Å². The second-order valence-electron chi connectivity index (χ2n) is 10.8. The molecule has 0 unspecified atom stereocenters. The first kappa shape index (κ1) is 33.4. The Kier molecular flexibility index (Phi) is 11.4. The Bertz CT molecular complexity index is 1570. The molecule has 1 aliphatic heterocycles. The smallest absolute Gasteiger partial charge is 0.244 e. The zero-order valence-electron chi connectivity index (χ0n) is 25.0. The molecule has 0 radical (unpaired) electrons. The van der Waals surface area contributed by atoms with Gasteiger partial charge in [0.05, 0.1) is 21.5 Å². The molecular formula is C32H37Cl2N3O6S. The van der Waals surface area contributed by atoms with E-state index in [-0.39, 0.29) is 36.2 Å². The highest BCUT2D eigenvalue weighted by molar-refractivity contribution is 7.92. The Morgan fingerprint density at radius 2 is 1.61 bits per heavy atom. The quantitative estimate of drug-likeness (QED) is 0.265. The number of benzene rings is 3. The molecule has 1 atom stereocenters. The van der Waals surface area contributed by atoms with Gasteiger partial charge in [0.15, 0.2) is 11.5 Å². The summed E-state index contributed by atoms with van der Waals surface area (Å²) in [4.78, 5) is 29.5. The molecule has 9 nitrogen and oxygen atoms in total. The van der Waals surface area contributed by atoms with E-state index in [1.165, 1.54) is 11.8 Å². The first-order chi connectivity index (χ1) is 21.0. The maximum atomic E-state index is 14.3. The number of anilines is 1. The van der Waals surface area contributed by atoms with E-state index in [2.05, 4.69) is 5.32 Å². The summed E-state index contributed by atoms with van der Waals surface area (Å²) in [6.45, 7) is 6.02. The van der Waals surface area contributed by atoms with Crippen LogP contribution in [-0.2, 0) is 32.6 Å². The third kappa shape index (κ3) is 8.58. The summed E-state index contributed by atoms with van der Waals surface area (Å²) in [5.74, 6) is -0.102. The van der Waals surface area contributed by atoms with Crippen LogP contribution in [0.15, 0.2) is 66.7 Å². The first-order valence-electron chi connectivity index (χ1n) is 14.4. The Morgan fingerprint density at radius 3 is 2.27 bits per heavy atom. The van der Waals surface area contributed by atoms with Gasteiger partial charge in [0.1, 0.15) is 25.8 Å². The van der Waals surface area contributed by atoms with Crippen LogP contribution in [0, 0.1) is 5.92 Å². The van der Waals surface area contributed by atoms with E-state index in [0.29, 0.717) is 46.9 Å². The fourth-order valence-electron chi connectivity index (χ4n) is 4.72. The summed E-state index contributed by atoms with van der Waals surface area (Å²) in [6, 6.07) is 18.1.